The first kappa shape index (κ1) is 17.7. The molecule has 1 aromatic rings. The summed E-state index contributed by atoms with van der Waals surface area (Å²) < 4.78 is 24.4. The van der Waals surface area contributed by atoms with E-state index in [-0.39, 0.29) is 5.91 Å². The molecule has 0 heterocycles. The summed E-state index contributed by atoms with van der Waals surface area (Å²) in [5.74, 6) is 0.0178. The summed E-state index contributed by atoms with van der Waals surface area (Å²) in [6, 6.07) is 7.32. The molecule has 5 nitrogen and oxygen atoms in total. The summed E-state index contributed by atoms with van der Waals surface area (Å²) in [6.45, 7) is 3.22. The van der Waals surface area contributed by atoms with Crippen LogP contribution in [0.3, 0.4) is 0 Å². The molecule has 0 fully saturated rings. The second-order valence-corrected chi connectivity index (χ2v) is 7.03. The highest BCUT2D eigenvalue weighted by molar-refractivity contribution is 7.88. The van der Waals surface area contributed by atoms with E-state index in [4.69, 9.17) is 0 Å². The molecule has 118 valence electrons. The highest BCUT2D eigenvalue weighted by atomic mass is 32.2. The van der Waals surface area contributed by atoms with Gasteiger partial charge in [-0.15, -0.1) is 0 Å². The molecule has 0 aliphatic carbocycles. The number of nitrogens with one attached hydrogen (secondary N) is 1. The number of carbonyl (C=O) groups is 1. The van der Waals surface area contributed by atoms with Crippen LogP contribution in [0.25, 0.3) is 0 Å². The molecule has 0 aliphatic rings. The fourth-order valence-electron chi connectivity index (χ4n) is 1.91. The number of benzene rings is 1. The largest absolute Gasteiger partial charge is 0.342 e. The molecule has 0 unspecified atom stereocenters. The van der Waals surface area contributed by atoms with E-state index in [1.165, 1.54) is 0 Å². The number of rotatable bonds is 8. The van der Waals surface area contributed by atoms with Gasteiger partial charge in [0.05, 0.1) is 6.26 Å². The number of hydrogen-bond donors (Lipinski definition) is 1. The fraction of sp³-hybridized carbons (Fsp3) is 0.533. The number of unbranched alkanes of at least 4 members (excludes halogenated alkanes) is 1. The van der Waals surface area contributed by atoms with Crippen molar-refractivity contribution >= 4 is 15.9 Å². The van der Waals surface area contributed by atoms with E-state index in [0.717, 1.165) is 31.2 Å². The van der Waals surface area contributed by atoms with Gasteiger partial charge in [-0.3, -0.25) is 4.79 Å². The van der Waals surface area contributed by atoms with Gasteiger partial charge in [0.2, 0.25) is 10.0 Å². The smallest absolute Gasteiger partial charge is 0.253 e. The second kappa shape index (κ2) is 8.14. The summed E-state index contributed by atoms with van der Waals surface area (Å²) in [5.41, 5.74) is 1.66. The van der Waals surface area contributed by atoms with Gasteiger partial charge in [0.1, 0.15) is 0 Å². The Morgan fingerprint density at radius 1 is 1.24 bits per heavy atom. The molecule has 0 saturated carbocycles. The third kappa shape index (κ3) is 6.73. The predicted octanol–water partition coefficient (Wildman–Crippen LogP) is 1.65. The average Bonchev–Trinajstić information content (AvgIpc) is 2.43. The van der Waals surface area contributed by atoms with Gasteiger partial charge in [0, 0.05) is 25.7 Å². The summed E-state index contributed by atoms with van der Waals surface area (Å²) in [4.78, 5) is 13.9. The lowest BCUT2D eigenvalue weighted by Gasteiger charge is -2.16. The van der Waals surface area contributed by atoms with E-state index >= 15 is 0 Å². The Bertz CT molecular complexity index is 553. The molecule has 1 aromatic carbocycles. The first-order chi connectivity index (χ1) is 9.83. The van der Waals surface area contributed by atoms with E-state index < -0.39 is 10.0 Å². The van der Waals surface area contributed by atoms with Crippen molar-refractivity contribution in [2.24, 2.45) is 0 Å². The number of sulfonamides is 1. The lowest BCUT2D eigenvalue weighted by atomic mass is 10.1. The molecule has 1 N–H and O–H groups in total. The molecule has 0 radical (unpaired) electrons. The maximum absolute atomic E-state index is 12.1. The zero-order valence-corrected chi connectivity index (χ0v) is 13.7. The number of carbonyl (C=O) groups excluding carboxylic acids is 1. The Balaban J connectivity index is 2.55. The minimum atomic E-state index is -3.15. The van der Waals surface area contributed by atoms with Crippen LogP contribution in [0.4, 0.5) is 0 Å². The highest BCUT2D eigenvalue weighted by Gasteiger charge is 2.10. The summed E-state index contributed by atoms with van der Waals surface area (Å²) in [7, 11) is -1.34. The molecule has 0 atom stereocenters. The molecule has 0 saturated heterocycles. The molecular weight excluding hydrogens is 288 g/mol. The molecule has 0 aromatic heterocycles. The Kier molecular flexibility index (Phi) is 6.84. The maximum atomic E-state index is 12.1. The minimum absolute atomic E-state index is 0.0178. The Morgan fingerprint density at radius 2 is 1.86 bits per heavy atom. The maximum Gasteiger partial charge on any atom is 0.253 e. The zero-order valence-electron chi connectivity index (χ0n) is 12.9. The first-order valence-electron chi connectivity index (χ1n) is 7.12. The van der Waals surface area contributed by atoms with Crippen LogP contribution < -0.4 is 4.72 Å². The zero-order chi connectivity index (χ0) is 15.9. The van der Waals surface area contributed by atoms with Gasteiger partial charge in [0.15, 0.2) is 0 Å². The highest BCUT2D eigenvalue weighted by Crippen LogP contribution is 2.08. The minimum Gasteiger partial charge on any atom is -0.342 e. The molecule has 0 bridgehead atoms. The lowest BCUT2D eigenvalue weighted by Crippen LogP contribution is -2.27. The van der Waals surface area contributed by atoms with Gasteiger partial charge >= 0.3 is 0 Å². The van der Waals surface area contributed by atoms with Gasteiger partial charge in [-0.1, -0.05) is 25.5 Å². The number of amides is 1. The van der Waals surface area contributed by atoms with E-state index in [0.29, 0.717) is 18.5 Å². The van der Waals surface area contributed by atoms with Gasteiger partial charge in [-0.05, 0) is 30.5 Å². The van der Waals surface area contributed by atoms with Crippen molar-refractivity contribution in [3.63, 3.8) is 0 Å². The SMILES string of the molecule is CCCCN(C)C(=O)c1ccc(CCNS(C)(=O)=O)cc1. The normalized spacial score (nSPS) is 11.4. The van der Waals surface area contributed by atoms with Crippen LogP contribution in [0.2, 0.25) is 0 Å². The molecule has 1 amide bonds. The van der Waals surface area contributed by atoms with E-state index in [1.807, 2.05) is 19.2 Å². The van der Waals surface area contributed by atoms with Crippen molar-refractivity contribution in [1.82, 2.24) is 9.62 Å². The Morgan fingerprint density at radius 3 is 2.38 bits per heavy atom. The summed E-state index contributed by atoms with van der Waals surface area (Å²) >= 11 is 0. The van der Waals surface area contributed by atoms with Gasteiger partial charge in [0.25, 0.3) is 5.91 Å². The van der Waals surface area contributed by atoms with Crippen molar-refractivity contribution in [3.05, 3.63) is 35.4 Å². The number of nitrogens with zero attached hydrogens (tertiary/aromatic N) is 1. The average molecular weight is 312 g/mol. The quantitative estimate of drug-likeness (QED) is 0.794. The van der Waals surface area contributed by atoms with Crippen molar-refractivity contribution in [2.75, 3.05) is 26.4 Å². The monoisotopic (exact) mass is 312 g/mol. The van der Waals surface area contributed by atoms with Crippen LogP contribution in [0.15, 0.2) is 24.3 Å². The van der Waals surface area contributed by atoms with Crippen molar-refractivity contribution in [1.29, 1.82) is 0 Å². The fourth-order valence-corrected chi connectivity index (χ4v) is 2.38. The molecule has 0 aliphatic heterocycles. The van der Waals surface area contributed by atoms with Crippen LogP contribution in [-0.2, 0) is 16.4 Å². The molecular formula is C15H24N2O3S. The Labute approximate surface area is 127 Å². The van der Waals surface area contributed by atoms with Gasteiger partial charge in [-0.2, -0.15) is 0 Å². The number of hydrogen-bond acceptors (Lipinski definition) is 3. The van der Waals surface area contributed by atoms with Crippen LogP contribution in [0.5, 0.6) is 0 Å². The topological polar surface area (TPSA) is 66.5 Å². The van der Waals surface area contributed by atoms with Crippen molar-refractivity contribution in [3.8, 4) is 0 Å². The van der Waals surface area contributed by atoms with Gasteiger partial charge in [-0.25, -0.2) is 13.1 Å². The summed E-state index contributed by atoms with van der Waals surface area (Å²) in [6.07, 6.45) is 3.80. The van der Waals surface area contributed by atoms with Crippen molar-refractivity contribution in [2.45, 2.75) is 26.2 Å². The Hall–Kier alpha value is -1.40. The van der Waals surface area contributed by atoms with Crippen LogP contribution in [-0.4, -0.2) is 45.6 Å². The van der Waals surface area contributed by atoms with Crippen LogP contribution >= 0.6 is 0 Å². The van der Waals surface area contributed by atoms with E-state index in [9.17, 15) is 13.2 Å². The van der Waals surface area contributed by atoms with Crippen LogP contribution in [0, 0.1) is 0 Å². The molecule has 6 heteroatoms. The standard InChI is InChI=1S/C15H24N2O3S/c1-4-5-12-17(2)15(18)14-8-6-13(7-9-14)10-11-16-21(3,19)20/h6-9,16H,4-5,10-12H2,1-3H3. The molecule has 0 spiro atoms. The molecule has 1 rings (SSSR count). The second-order valence-electron chi connectivity index (χ2n) is 5.19. The van der Waals surface area contributed by atoms with Crippen LogP contribution in [0.1, 0.15) is 35.7 Å². The van der Waals surface area contributed by atoms with Crippen molar-refractivity contribution < 1.29 is 13.2 Å². The third-order valence-corrected chi connectivity index (χ3v) is 3.90. The predicted molar refractivity (Wildman–Crippen MR) is 84.9 cm³/mol. The molecule has 21 heavy (non-hydrogen) atoms. The van der Waals surface area contributed by atoms with E-state index in [2.05, 4.69) is 11.6 Å². The first-order valence-corrected chi connectivity index (χ1v) is 9.01. The van der Waals surface area contributed by atoms with Gasteiger partial charge < -0.3 is 4.90 Å². The third-order valence-electron chi connectivity index (χ3n) is 3.17. The van der Waals surface area contributed by atoms with E-state index in [1.54, 1.807) is 17.0 Å². The lowest BCUT2D eigenvalue weighted by molar-refractivity contribution is 0.0793. The summed E-state index contributed by atoms with van der Waals surface area (Å²) in [5, 5.41) is 0.